The number of carbonyl (C=O) groups excluding carboxylic acids is 1. The molecule has 0 unspecified atom stereocenters. The second-order valence-corrected chi connectivity index (χ2v) is 7.18. The van der Waals surface area contributed by atoms with E-state index in [1.54, 1.807) is 30.3 Å². The molecule has 4 rings (SSSR count). The standard InChI is InChI=1S/C21H20ClFN4O/c22-17-11-19(13-2-4-18(23)15(9-13)12-24)26-20-10-14(1-3-16(17)20)21(28)27-7-5-25-6-8-27/h1-4,9-11,25H,5-8,12,24H2. The summed E-state index contributed by atoms with van der Waals surface area (Å²) in [5.41, 5.74) is 8.57. The van der Waals surface area contributed by atoms with E-state index < -0.39 is 0 Å². The van der Waals surface area contributed by atoms with Crippen molar-refractivity contribution in [1.29, 1.82) is 0 Å². The van der Waals surface area contributed by atoms with Crippen molar-refractivity contribution in [2.24, 2.45) is 5.73 Å². The van der Waals surface area contributed by atoms with Gasteiger partial charge in [-0.2, -0.15) is 0 Å². The number of carbonyl (C=O) groups is 1. The lowest BCUT2D eigenvalue weighted by molar-refractivity contribution is 0.0736. The summed E-state index contributed by atoms with van der Waals surface area (Å²) in [5.74, 6) is -0.360. The number of fused-ring (bicyclic) bond motifs is 1. The highest BCUT2D eigenvalue weighted by atomic mass is 35.5. The number of hydrogen-bond donors (Lipinski definition) is 2. The summed E-state index contributed by atoms with van der Waals surface area (Å²) < 4.78 is 13.8. The Morgan fingerprint density at radius 1 is 1.18 bits per heavy atom. The Kier molecular flexibility index (Phi) is 5.26. The average Bonchev–Trinajstić information content (AvgIpc) is 2.73. The minimum absolute atomic E-state index is 0.0149. The van der Waals surface area contributed by atoms with E-state index in [1.165, 1.54) is 6.07 Å². The lowest BCUT2D eigenvalue weighted by atomic mass is 10.0. The van der Waals surface area contributed by atoms with Gasteiger partial charge >= 0.3 is 0 Å². The second-order valence-electron chi connectivity index (χ2n) is 6.77. The van der Waals surface area contributed by atoms with Crippen molar-refractivity contribution in [2.75, 3.05) is 26.2 Å². The number of amides is 1. The van der Waals surface area contributed by atoms with E-state index in [9.17, 15) is 9.18 Å². The molecule has 0 atom stereocenters. The molecule has 1 aliphatic rings. The smallest absolute Gasteiger partial charge is 0.254 e. The summed E-state index contributed by atoms with van der Waals surface area (Å²) in [4.78, 5) is 19.3. The van der Waals surface area contributed by atoms with E-state index in [-0.39, 0.29) is 18.3 Å². The second kappa shape index (κ2) is 7.83. The Morgan fingerprint density at radius 3 is 2.71 bits per heavy atom. The van der Waals surface area contributed by atoms with Gasteiger partial charge in [0.1, 0.15) is 5.82 Å². The van der Waals surface area contributed by atoms with Gasteiger partial charge in [-0.3, -0.25) is 4.79 Å². The summed E-state index contributed by atoms with van der Waals surface area (Å²) in [7, 11) is 0. The molecule has 1 saturated heterocycles. The SMILES string of the molecule is NCc1cc(-c2cc(Cl)c3ccc(C(=O)N4CCNCC4)cc3n2)ccc1F. The van der Waals surface area contributed by atoms with Crippen LogP contribution in [0.15, 0.2) is 42.5 Å². The third-order valence-electron chi connectivity index (χ3n) is 4.97. The number of hydrogen-bond acceptors (Lipinski definition) is 4. The fourth-order valence-corrected chi connectivity index (χ4v) is 3.67. The zero-order chi connectivity index (χ0) is 19.7. The first kappa shape index (κ1) is 18.8. The first-order chi connectivity index (χ1) is 13.6. The van der Waals surface area contributed by atoms with Crippen molar-refractivity contribution in [1.82, 2.24) is 15.2 Å². The fourth-order valence-electron chi connectivity index (χ4n) is 3.41. The molecule has 0 spiro atoms. The fraction of sp³-hybridized carbons (Fsp3) is 0.238. The Balaban J connectivity index is 1.75. The maximum Gasteiger partial charge on any atom is 0.254 e. The van der Waals surface area contributed by atoms with Crippen molar-refractivity contribution in [2.45, 2.75) is 6.54 Å². The zero-order valence-corrected chi connectivity index (χ0v) is 16.0. The molecule has 0 saturated carbocycles. The van der Waals surface area contributed by atoms with Gasteiger partial charge in [0.15, 0.2) is 0 Å². The number of nitrogens with two attached hydrogens (primary N) is 1. The monoisotopic (exact) mass is 398 g/mol. The molecular formula is C21H20ClFN4O. The largest absolute Gasteiger partial charge is 0.336 e. The minimum atomic E-state index is -0.345. The van der Waals surface area contributed by atoms with Gasteiger partial charge in [-0.25, -0.2) is 9.37 Å². The molecule has 28 heavy (non-hydrogen) atoms. The van der Waals surface area contributed by atoms with E-state index in [1.807, 2.05) is 11.0 Å². The highest BCUT2D eigenvalue weighted by Crippen LogP contribution is 2.30. The van der Waals surface area contributed by atoms with Gasteiger partial charge in [0.25, 0.3) is 5.91 Å². The van der Waals surface area contributed by atoms with E-state index >= 15 is 0 Å². The first-order valence-corrected chi connectivity index (χ1v) is 9.54. The van der Waals surface area contributed by atoms with Gasteiger partial charge in [-0.05, 0) is 36.4 Å². The van der Waals surface area contributed by atoms with Crippen LogP contribution in [0.2, 0.25) is 5.02 Å². The molecule has 2 heterocycles. The van der Waals surface area contributed by atoms with Crippen LogP contribution in [-0.4, -0.2) is 42.0 Å². The molecule has 7 heteroatoms. The highest BCUT2D eigenvalue weighted by molar-refractivity contribution is 6.35. The van der Waals surface area contributed by atoms with Gasteiger partial charge in [0.2, 0.25) is 0 Å². The molecule has 3 aromatic rings. The lowest BCUT2D eigenvalue weighted by Gasteiger charge is -2.27. The topological polar surface area (TPSA) is 71.2 Å². The third-order valence-corrected chi connectivity index (χ3v) is 5.28. The predicted molar refractivity (Wildman–Crippen MR) is 109 cm³/mol. The van der Waals surface area contributed by atoms with E-state index in [0.717, 1.165) is 24.0 Å². The summed E-state index contributed by atoms with van der Waals surface area (Å²) in [6.07, 6.45) is 0. The van der Waals surface area contributed by atoms with Crippen LogP contribution in [0.5, 0.6) is 0 Å². The van der Waals surface area contributed by atoms with E-state index in [4.69, 9.17) is 17.3 Å². The van der Waals surface area contributed by atoms with Crippen LogP contribution >= 0.6 is 11.6 Å². The predicted octanol–water partition coefficient (Wildman–Crippen LogP) is 3.20. The summed E-state index contributed by atoms with van der Waals surface area (Å²) in [5, 5.41) is 4.53. The number of piperazine rings is 1. The molecule has 0 bridgehead atoms. The van der Waals surface area contributed by atoms with Crippen molar-refractivity contribution < 1.29 is 9.18 Å². The van der Waals surface area contributed by atoms with Crippen LogP contribution in [0.1, 0.15) is 15.9 Å². The molecule has 144 valence electrons. The van der Waals surface area contributed by atoms with Gasteiger partial charge in [-0.15, -0.1) is 0 Å². The minimum Gasteiger partial charge on any atom is -0.336 e. The van der Waals surface area contributed by atoms with Crippen LogP contribution in [0, 0.1) is 5.82 Å². The molecule has 2 aromatic carbocycles. The molecular weight excluding hydrogens is 379 g/mol. The summed E-state index contributed by atoms with van der Waals surface area (Å²) in [6.45, 7) is 3.05. The van der Waals surface area contributed by atoms with E-state index in [0.29, 0.717) is 40.4 Å². The number of rotatable bonds is 3. The Morgan fingerprint density at radius 2 is 1.96 bits per heavy atom. The maximum absolute atomic E-state index is 13.8. The maximum atomic E-state index is 13.8. The Hall–Kier alpha value is -2.54. The molecule has 0 radical (unpaired) electrons. The number of nitrogens with zero attached hydrogens (tertiary/aromatic N) is 2. The molecule has 3 N–H and O–H groups in total. The number of halogens is 2. The summed E-state index contributed by atoms with van der Waals surface area (Å²) >= 11 is 6.46. The number of aromatic nitrogens is 1. The van der Waals surface area contributed by atoms with Crippen LogP contribution in [0.3, 0.4) is 0 Å². The Labute approximate surface area is 167 Å². The normalized spacial score (nSPS) is 14.5. The average molecular weight is 399 g/mol. The van der Waals surface area contributed by atoms with Crippen LogP contribution < -0.4 is 11.1 Å². The molecule has 1 aliphatic heterocycles. The lowest BCUT2D eigenvalue weighted by Crippen LogP contribution is -2.46. The number of nitrogens with one attached hydrogen (secondary N) is 1. The van der Waals surface area contributed by atoms with Crippen molar-refractivity contribution in [3.8, 4) is 11.3 Å². The zero-order valence-electron chi connectivity index (χ0n) is 15.2. The number of pyridine rings is 1. The molecule has 1 aromatic heterocycles. The van der Waals surface area contributed by atoms with Crippen molar-refractivity contribution in [3.05, 3.63) is 64.4 Å². The quantitative estimate of drug-likeness (QED) is 0.710. The highest BCUT2D eigenvalue weighted by Gasteiger charge is 2.19. The van der Waals surface area contributed by atoms with Gasteiger partial charge in [0, 0.05) is 54.8 Å². The van der Waals surface area contributed by atoms with Crippen molar-refractivity contribution >= 4 is 28.4 Å². The van der Waals surface area contributed by atoms with Crippen LogP contribution in [0.25, 0.3) is 22.2 Å². The van der Waals surface area contributed by atoms with Gasteiger partial charge in [0.05, 0.1) is 16.2 Å². The van der Waals surface area contributed by atoms with Crippen LogP contribution in [-0.2, 0) is 6.54 Å². The van der Waals surface area contributed by atoms with Crippen LogP contribution in [0.4, 0.5) is 4.39 Å². The van der Waals surface area contributed by atoms with E-state index in [2.05, 4.69) is 10.3 Å². The third kappa shape index (κ3) is 3.58. The summed E-state index contributed by atoms with van der Waals surface area (Å²) in [6, 6.07) is 11.8. The van der Waals surface area contributed by atoms with Crippen molar-refractivity contribution in [3.63, 3.8) is 0 Å². The first-order valence-electron chi connectivity index (χ1n) is 9.16. The molecule has 0 aliphatic carbocycles. The molecule has 1 fully saturated rings. The Bertz CT molecular complexity index is 1050. The van der Waals surface area contributed by atoms with Gasteiger partial charge < -0.3 is 16.0 Å². The molecule has 1 amide bonds. The van der Waals surface area contributed by atoms with Gasteiger partial charge in [-0.1, -0.05) is 17.7 Å². The number of benzene rings is 2. The molecule has 5 nitrogen and oxygen atoms in total.